The van der Waals surface area contributed by atoms with Crippen molar-refractivity contribution in [1.29, 1.82) is 0 Å². The van der Waals surface area contributed by atoms with E-state index in [4.69, 9.17) is 16.0 Å². The van der Waals surface area contributed by atoms with Gasteiger partial charge in [0.05, 0.1) is 6.04 Å². The van der Waals surface area contributed by atoms with Crippen LogP contribution in [0.5, 0.6) is 0 Å². The van der Waals surface area contributed by atoms with Gasteiger partial charge in [0.15, 0.2) is 16.0 Å². The quantitative estimate of drug-likeness (QED) is 0.914. The molecule has 0 radical (unpaired) electrons. The highest BCUT2D eigenvalue weighted by Crippen LogP contribution is 2.30. The number of nitrogens with zero attached hydrogens (tertiary/aromatic N) is 2. The van der Waals surface area contributed by atoms with Crippen molar-refractivity contribution in [2.75, 3.05) is 7.05 Å². The van der Waals surface area contributed by atoms with Crippen molar-refractivity contribution in [3.05, 3.63) is 22.4 Å². The Bertz CT molecular complexity index is 464. The molecule has 2 aromatic heterocycles. The van der Waals surface area contributed by atoms with Crippen LogP contribution in [0.2, 0.25) is 5.22 Å². The second-order valence-corrected chi connectivity index (χ2v) is 4.68. The molecule has 0 aliphatic heterocycles. The van der Waals surface area contributed by atoms with Crippen molar-refractivity contribution in [1.82, 2.24) is 15.5 Å². The zero-order valence-corrected chi connectivity index (χ0v) is 10.6. The number of hydrogen-bond acceptors (Lipinski definition) is 5. The highest BCUT2D eigenvalue weighted by Gasteiger charge is 2.15. The van der Waals surface area contributed by atoms with Gasteiger partial charge in [-0.2, -0.15) is 0 Å². The monoisotopic (exact) mass is 257 g/mol. The smallest absolute Gasteiger partial charge is 0.194 e. The lowest BCUT2D eigenvalue weighted by Gasteiger charge is -2.07. The molecule has 2 aromatic rings. The summed E-state index contributed by atoms with van der Waals surface area (Å²) < 4.78 is 5.28. The number of aromatic nitrogens is 2. The lowest BCUT2D eigenvalue weighted by molar-refractivity contribution is 0.567. The van der Waals surface area contributed by atoms with Gasteiger partial charge in [0, 0.05) is 0 Å². The molecule has 0 aromatic carbocycles. The summed E-state index contributed by atoms with van der Waals surface area (Å²) in [4.78, 5) is 0. The maximum atomic E-state index is 5.71. The lowest BCUT2D eigenvalue weighted by atomic mass is 10.2. The van der Waals surface area contributed by atoms with Gasteiger partial charge in [0.1, 0.15) is 5.01 Å². The predicted octanol–water partition coefficient (Wildman–Crippen LogP) is 3.12. The van der Waals surface area contributed by atoms with Crippen LogP contribution in [0, 0.1) is 0 Å². The van der Waals surface area contributed by atoms with Crippen molar-refractivity contribution in [2.45, 2.75) is 19.4 Å². The molecule has 0 aliphatic carbocycles. The fraction of sp³-hybridized carbons (Fsp3) is 0.400. The first kappa shape index (κ1) is 11.6. The van der Waals surface area contributed by atoms with Gasteiger partial charge >= 0.3 is 0 Å². The van der Waals surface area contributed by atoms with Gasteiger partial charge in [0.25, 0.3) is 0 Å². The van der Waals surface area contributed by atoms with Crippen molar-refractivity contribution in [3.8, 4) is 10.8 Å². The Labute approximate surface area is 103 Å². The van der Waals surface area contributed by atoms with Crippen LogP contribution in [0.3, 0.4) is 0 Å². The van der Waals surface area contributed by atoms with Gasteiger partial charge in [-0.3, -0.25) is 0 Å². The Morgan fingerprint density at radius 1 is 1.50 bits per heavy atom. The van der Waals surface area contributed by atoms with Crippen LogP contribution in [0.1, 0.15) is 24.4 Å². The molecule has 0 saturated heterocycles. The summed E-state index contributed by atoms with van der Waals surface area (Å²) in [5.41, 5.74) is 0. The molecule has 1 atom stereocenters. The fourth-order valence-electron chi connectivity index (χ4n) is 1.41. The van der Waals surface area contributed by atoms with Crippen LogP contribution >= 0.6 is 22.9 Å². The van der Waals surface area contributed by atoms with E-state index in [0.29, 0.717) is 11.0 Å². The highest BCUT2D eigenvalue weighted by molar-refractivity contribution is 7.14. The van der Waals surface area contributed by atoms with Crippen molar-refractivity contribution < 1.29 is 4.42 Å². The summed E-state index contributed by atoms with van der Waals surface area (Å²) >= 11 is 7.23. The SMILES string of the molecule is CCC(NC)c1nnc(-c2ccc(Cl)o2)s1. The number of nitrogens with one attached hydrogen (secondary N) is 1. The first-order valence-corrected chi connectivity index (χ1v) is 6.20. The minimum Gasteiger partial charge on any atom is -0.442 e. The van der Waals surface area contributed by atoms with E-state index in [9.17, 15) is 0 Å². The lowest BCUT2D eigenvalue weighted by Crippen LogP contribution is -2.14. The van der Waals surface area contributed by atoms with Crippen molar-refractivity contribution >= 4 is 22.9 Å². The third-order valence-corrected chi connectivity index (χ3v) is 3.53. The largest absolute Gasteiger partial charge is 0.442 e. The van der Waals surface area contributed by atoms with Gasteiger partial charge in [-0.1, -0.05) is 18.3 Å². The van der Waals surface area contributed by atoms with Gasteiger partial charge in [0.2, 0.25) is 0 Å². The van der Waals surface area contributed by atoms with Crippen LogP contribution in [0.15, 0.2) is 16.5 Å². The van der Waals surface area contributed by atoms with Crippen LogP contribution < -0.4 is 5.32 Å². The van der Waals surface area contributed by atoms with E-state index in [0.717, 1.165) is 16.4 Å². The Hall–Kier alpha value is -0.910. The summed E-state index contributed by atoms with van der Waals surface area (Å²) in [5, 5.41) is 13.5. The van der Waals surface area contributed by atoms with E-state index in [1.54, 1.807) is 12.1 Å². The van der Waals surface area contributed by atoms with Gasteiger partial charge in [-0.15, -0.1) is 10.2 Å². The second kappa shape index (κ2) is 4.95. The number of furan rings is 1. The van der Waals surface area contributed by atoms with E-state index in [2.05, 4.69) is 22.4 Å². The molecule has 2 rings (SSSR count). The third kappa shape index (κ3) is 2.26. The van der Waals surface area contributed by atoms with E-state index >= 15 is 0 Å². The molecule has 4 nitrogen and oxygen atoms in total. The molecule has 0 saturated carbocycles. The highest BCUT2D eigenvalue weighted by atomic mass is 35.5. The second-order valence-electron chi connectivity index (χ2n) is 3.30. The molecule has 0 bridgehead atoms. The van der Waals surface area contributed by atoms with Crippen molar-refractivity contribution in [3.63, 3.8) is 0 Å². The zero-order chi connectivity index (χ0) is 11.5. The summed E-state index contributed by atoms with van der Waals surface area (Å²) in [6.45, 7) is 2.10. The Balaban J connectivity index is 2.25. The normalized spacial score (nSPS) is 12.9. The molecule has 1 N–H and O–H groups in total. The maximum absolute atomic E-state index is 5.71. The average Bonchev–Trinajstić information content (AvgIpc) is 2.89. The van der Waals surface area contributed by atoms with Gasteiger partial charge < -0.3 is 9.73 Å². The Morgan fingerprint density at radius 2 is 2.31 bits per heavy atom. The molecule has 6 heteroatoms. The minimum atomic E-state index is 0.247. The first-order chi connectivity index (χ1) is 7.74. The number of rotatable bonds is 4. The molecular formula is C10H12ClN3OS. The van der Waals surface area contributed by atoms with Crippen LogP contribution in [-0.2, 0) is 0 Å². The molecular weight excluding hydrogens is 246 g/mol. The molecule has 86 valence electrons. The number of halogens is 1. The zero-order valence-electron chi connectivity index (χ0n) is 9.03. The average molecular weight is 258 g/mol. The molecule has 16 heavy (non-hydrogen) atoms. The van der Waals surface area contributed by atoms with Crippen molar-refractivity contribution in [2.24, 2.45) is 0 Å². The fourth-order valence-corrected chi connectivity index (χ4v) is 2.55. The molecule has 0 spiro atoms. The molecule has 0 fully saturated rings. The Kier molecular flexibility index (Phi) is 3.58. The van der Waals surface area contributed by atoms with Gasteiger partial charge in [-0.05, 0) is 37.2 Å². The standard InChI is InChI=1S/C10H12ClN3OS/c1-3-6(12-2)9-13-14-10(16-9)7-4-5-8(11)15-7/h4-6,12H,3H2,1-2H3. The van der Waals surface area contributed by atoms with Crippen LogP contribution in [0.4, 0.5) is 0 Å². The molecule has 1 unspecified atom stereocenters. The summed E-state index contributed by atoms with van der Waals surface area (Å²) in [6.07, 6.45) is 0.976. The summed E-state index contributed by atoms with van der Waals surface area (Å²) in [6, 6.07) is 3.75. The first-order valence-electron chi connectivity index (χ1n) is 5.01. The van der Waals surface area contributed by atoms with E-state index in [1.165, 1.54) is 11.3 Å². The third-order valence-electron chi connectivity index (χ3n) is 2.28. The summed E-state index contributed by atoms with van der Waals surface area (Å²) in [7, 11) is 1.92. The van der Waals surface area contributed by atoms with Crippen LogP contribution in [0.25, 0.3) is 10.8 Å². The van der Waals surface area contributed by atoms with E-state index in [-0.39, 0.29) is 6.04 Å². The molecule has 2 heterocycles. The number of hydrogen-bond donors (Lipinski definition) is 1. The van der Waals surface area contributed by atoms with Crippen LogP contribution in [-0.4, -0.2) is 17.2 Å². The molecule has 0 aliphatic rings. The maximum Gasteiger partial charge on any atom is 0.194 e. The van der Waals surface area contributed by atoms with E-state index < -0.39 is 0 Å². The molecule has 0 amide bonds. The topological polar surface area (TPSA) is 51.0 Å². The minimum absolute atomic E-state index is 0.247. The van der Waals surface area contributed by atoms with E-state index in [1.807, 2.05) is 7.05 Å². The summed E-state index contributed by atoms with van der Waals surface area (Å²) in [5.74, 6) is 0.666. The van der Waals surface area contributed by atoms with Gasteiger partial charge in [-0.25, -0.2) is 0 Å². The Morgan fingerprint density at radius 3 is 2.88 bits per heavy atom. The predicted molar refractivity (Wildman–Crippen MR) is 64.7 cm³/mol.